The lowest BCUT2D eigenvalue weighted by atomic mass is 10.2. The molecule has 2 aromatic rings. The van der Waals surface area contributed by atoms with Gasteiger partial charge in [-0.1, -0.05) is 30.3 Å². The smallest absolute Gasteiger partial charge is 0.315 e. The minimum absolute atomic E-state index is 0.112. The van der Waals surface area contributed by atoms with Crippen LogP contribution in [0.5, 0.6) is 11.5 Å². The first kappa shape index (κ1) is 15.4. The summed E-state index contributed by atoms with van der Waals surface area (Å²) < 4.78 is 5.80. The van der Waals surface area contributed by atoms with Gasteiger partial charge in [0.15, 0.2) is 0 Å². The molecule has 0 bridgehead atoms. The van der Waals surface area contributed by atoms with Crippen molar-refractivity contribution in [2.75, 3.05) is 0 Å². The zero-order valence-corrected chi connectivity index (χ0v) is 13.3. The highest BCUT2D eigenvalue weighted by atomic mass is 16.5. The Morgan fingerprint density at radius 1 is 1.13 bits per heavy atom. The molecular formula is C19H22N2O2. The molecule has 1 fully saturated rings. The number of ether oxygens (including phenoxy) is 1. The van der Waals surface area contributed by atoms with Crippen LogP contribution in [0.15, 0.2) is 54.6 Å². The zero-order chi connectivity index (χ0) is 16.1. The van der Waals surface area contributed by atoms with Crippen LogP contribution in [-0.2, 0) is 6.54 Å². The first-order valence-electron chi connectivity index (χ1n) is 8.07. The van der Waals surface area contributed by atoms with Gasteiger partial charge in [0.05, 0.1) is 0 Å². The summed E-state index contributed by atoms with van der Waals surface area (Å²) >= 11 is 0. The first-order chi connectivity index (χ1) is 11.2. The van der Waals surface area contributed by atoms with Gasteiger partial charge >= 0.3 is 6.03 Å². The summed E-state index contributed by atoms with van der Waals surface area (Å²) in [5, 5.41) is 5.88. The van der Waals surface area contributed by atoms with Gasteiger partial charge in [-0.25, -0.2) is 4.79 Å². The van der Waals surface area contributed by atoms with Crippen molar-refractivity contribution in [3.8, 4) is 11.5 Å². The van der Waals surface area contributed by atoms with Crippen molar-refractivity contribution in [1.82, 2.24) is 10.6 Å². The van der Waals surface area contributed by atoms with Gasteiger partial charge in [0.2, 0.25) is 0 Å². The van der Waals surface area contributed by atoms with Crippen LogP contribution in [0, 0.1) is 5.92 Å². The second-order valence-electron chi connectivity index (χ2n) is 6.02. The van der Waals surface area contributed by atoms with Crippen molar-refractivity contribution < 1.29 is 9.53 Å². The van der Waals surface area contributed by atoms with Crippen molar-refractivity contribution in [3.63, 3.8) is 0 Å². The highest BCUT2D eigenvalue weighted by molar-refractivity contribution is 5.74. The molecular weight excluding hydrogens is 288 g/mol. The Hall–Kier alpha value is -2.49. The van der Waals surface area contributed by atoms with Crippen LogP contribution >= 0.6 is 0 Å². The van der Waals surface area contributed by atoms with E-state index in [1.807, 2.05) is 54.6 Å². The predicted molar refractivity (Wildman–Crippen MR) is 90.5 cm³/mol. The standard InChI is InChI=1S/C19H22N2O2/c1-14(16-10-11-16)21-19(22)20-13-15-6-5-9-18(12-15)23-17-7-3-2-4-8-17/h2-9,12,14,16H,10-11,13H2,1H3,(H2,20,21,22). The average molecular weight is 310 g/mol. The summed E-state index contributed by atoms with van der Waals surface area (Å²) in [6.45, 7) is 2.54. The Bertz CT molecular complexity index is 653. The molecule has 23 heavy (non-hydrogen) atoms. The van der Waals surface area contributed by atoms with E-state index < -0.39 is 0 Å². The van der Waals surface area contributed by atoms with Crippen LogP contribution in [0.2, 0.25) is 0 Å². The predicted octanol–water partition coefficient (Wildman–Crippen LogP) is 4.08. The van der Waals surface area contributed by atoms with Gasteiger partial charge in [0.1, 0.15) is 11.5 Å². The van der Waals surface area contributed by atoms with Crippen LogP contribution in [0.4, 0.5) is 4.79 Å². The molecule has 0 aromatic heterocycles. The number of benzene rings is 2. The van der Waals surface area contributed by atoms with E-state index >= 15 is 0 Å². The third-order valence-electron chi connectivity index (χ3n) is 4.02. The van der Waals surface area contributed by atoms with E-state index in [1.54, 1.807) is 0 Å². The van der Waals surface area contributed by atoms with Crippen molar-refractivity contribution in [2.45, 2.75) is 32.4 Å². The fraction of sp³-hybridized carbons (Fsp3) is 0.316. The highest BCUT2D eigenvalue weighted by Gasteiger charge is 2.28. The van der Waals surface area contributed by atoms with E-state index in [-0.39, 0.29) is 12.1 Å². The van der Waals surface area contributed by atoms with Gasteiger partial charge in [-0.2, -0.15) is 0 Å². The zero-order valence-electron chi connectivity index (χ0n) is 13.3. The van der Waals surface area contributed by atoms with Crippen LogP contribution < -0.4 is 15.4 Å². The van der Waals surface area contributed by atoms with Crippen molar-refractivity contribution in [3.05, 3.63) is 60.2 Å². The minimum Gasteiger partial charge on any atom is -0.457 e. The lowest BCUT2D eigenvalue weighted by Gasteiger charge is -2.14. The fourth-order valence-electron chi connectivity index (χ4n) is 2.50. The molecule has 0 aliphatic heterocycles. The van der Waals surface area contributed by atoms with E-state index in [0.29, 0.717) is 12.5 Å². The van der Waals surface area contributed by atoms with E-state index in [1.165, 1.54) is 12.8 Å². The molecule has 120 valence electrons. The fourth-order valence-corrected chi connectivity index (χ4v) is 2.50. The molecule has 0 spiro atoms. The number of carbonyl (C=O) groups is 1. The van der Waals surface area contributed by atoms with Gasteiger partial charge in [-0.05, 0) is 55.5 Å². The van der Waals surface area contributed by atoms with Crippen LogP contribution in [-0.4, -0.2) is 12.1 Å². The Labute approximate surface area is 136 Å². The third kappa shape index (κ3) is 4.74. The maximum absolute atomic E-state index is 11.9. The summed E-state index contributed by atoms with van der Waals surface area (Å²) in [5.74, 6) is 2.22. The van der Waals surface area contributed by atoms with Crippen LogP contribution in [0.3, 0.4) is 0 Å². The number of carbonyl (C=O) groups excluding carboxylic acids is 1. The SMILES string of the molecule is CC(NC(=O)NCc1cccc(Oc2ccccc2)c1)C1CC1. The van der Waals surface area contributed by atoms with Crippen LogP contribution in [0.1, 0.15) is 25.3 Å². The van der Waals surface area contributed by atoms with Gasteiger partial charge in [-0.3, -0.25) is 0 Å². The molecule has 0 radical (unpaired) electrons. The number of para-hydroxylation sites is 1. The van der Waals surface area contributed by atoms with Crippen molar-refractivity contribution >= 4 is 6.03 Å². The molecule has 3 rings (SSSR count). The molecule has 1 aliphatic carbocycles. The molecule has 4 nitrogen and oxygen atoms in total. The van der Waals surface area contributed by atoms with E-state index in [0.717, 1.165) is 17.1 Å². The van der Waals surface area contributed by atoms with E-state index in [4.69, 9.17) is 4.74 Å². The molecule has 1 aliphatic rings. The molecule has 1 atom stereocenters. The lowest BCUT2D eigenvalue weighted by molar-refractivity contribution is 0.236. The third-order valence-corrected chi connectivity index (χ3v) is 4.02. The maximum atomic E-state index is 11.9. The molecule has 2 aromatic carbocycles. The minimum atomic E-state index is -0.112. The summed E-state index contributed by atoms with van der Waals surface area (Å²) in [5.41, 5.74) is 1.01. The van der Waals surface area contributed by atoms with Crippen LogP contribution in [0.25, 0.3) is 0 Å². The molecule has 0 heterocycles. The normalized spacial score (nSPS) is 14.8. The molecule has 1 unspecified atom stereocenters. The molecule has 2 N–H and O–H groups in total. The van der Waals surface area contributed by atoms with Gasteiger partial charge < -0.3 is 15.4 Å². The number of hydrogen-bond donors (Lipinski definition) is 2. The second-order valence-corrected chi connectivity index (χ2v) is 6.02. The topological polar surface area (TPSA) is 50.4 Å². The number of rotatable bonds is 6. The van der Waals surface area contributed by atoms with Crippen molar-refractivity contribution in [1.29, 1.82) is 0 Å². The second kappa shape index (κ2) is 7.18. The molecule has 2 amide bonds. The number of urea groups is 1. The summed E-state index contributed by atoms with van der Waals surface area (Å²) in [6, 6.07) is 17.6. The first-order valence-corrected chi connectivity index (χ1v) is 8.07. The Morgan fingerprint density at radius 2 is 1.87 bits per heavy atom. The molecule has 4 heteroatoms. The largest absolute Gasteiger partial charge is 0.457 e. The maximum Gasteiger partial charge on any atom is 0.315 e. The van der Waals surface area contributed by atoms with Crippen molar-refractivity contribution in [2.24, 2.45) is 5.92 Å². The summed E-state index contributed by atoms with van der Waals surface area (Å²) in [7, 11) is 0. The van der Waals surface area contributed by atoms with E-state index in [2.05, 4.69) is 17.6 Å². The quantitative estimate of drug-likeness (QED) is 0.845. The van der Waals surface area contributed by atoms with Gasteiger partial charge in [-0.15, -0.1) is 0 Å². The Morgan fingerprint density at radius 3 is 2.61 bits per heavy atom. The highest BCUT2D eigenvalue weighted by Crippen LogP contribution is 2.32. The lowest BCUT2D eigenvalue weighted by Crippen LogP contribution is -2.41. The summed E-state index contributed by atoms with van der Waals surface area (Å²) in [6.07, 6.45) is 2.45. The molecule has 0 saturated heterocycles. The van der Waals surface area contributed by atoms with E-state index in [9.17, 15) is 4.79 Å². The monoisotopic (exact) mass is 310 g/mol. The van der Waals surface area contributed by atoms with Gasteiger partial charge in [0, 0.05) is 12.6 Å². The number of amides is 2. The number of hydrogen-bond acceptors (Lipinski definition) is 2. The summed E-state index contributed by atoms with van der Waals surface area (Å²) in [4.78, 5) is 11.9. The number of nitrogens with one attached hydrogen (secondary N) is 2. The average Bonchev–Trinajstić information content (AvgIpc) is 3.39. The molecule has 1 saturated carbocycles. The van der Waals surface area contributed by atoms with Gasteiger partial charge in [0.25, 0.3) is 0 Å². The Balaban J connectivity index is 1.52. The Kier molecular flexibility index (Phi) is 4.81.